The Kier molecular flexibility index (Phi) is 8.01. The highest BCUT2D eigenvalue weighted by atomic mass is 16.5. The van der Waals surface area contributed by atoms with Gasteiger partial charge in [0.15, 0.2) is 0 Å². The lowest BCUT2D eigenvalue weighted by molar-refractivity contribution is -0.132. The quantitative estimate of drug-likeness (QED) is 0.499. The lowest BCUT2D eigenvalue weighted by Gasteiger charge is -2.11. The molecule has 0 aromatic carbocycles. The van der Waals surface area contributed by atoms with Crippen molar-refractivity contribution in [3.8, 4) is 0 Å². The second-order valence-electron chi connectivity index (χ2n) is 3.80. The maximum absolute atomic E-state index is 10.5. The minimum absolute atomic E-state index is 0.281. The zero-order valence-corrected chi connectivity index (χ0v) is 9.95. The van der Waals surface area contributed by atoms with Crippen LogP contribution in [-0.2, 0) is 9.53 Å². The summed E-state index contributed by atoms with van der Waals surface area (Å²) >= 11 is 0. The first kappa shape index (κ1) is 14.2. The molecular weight excluding hydrogens is 192 g/mol. The number of aliphatic carboxylic acids is 1. The number of rotatable bonds is 8. The number of carboxylic acids is 1. The molecule has 0 fully saturated rings. The zero-order valence-electron chi connectivity index (χ0n) is 9.95. The van der Waals surface area contributed by atoms with Crippen LogP contribution < -0.4 is 0 Å². The predicted molar refractivity (Wildman–Crippen MR) is 60.9 cm³/mol. The van der Waals surface area contributed by atoms with Gasteiger partial charge in [-0.15, -0.1) is 0 Å². The summed E-state index contributed by atoms with van der Waals surface area (Å²) in [6, 6.07) is 0. The second-order valence-corrected chi connectivity index (χ2v) is 3.80. The lowest BCUT2D eigenvalue weighted by atomic mass is 10.2. The van der Waals surface area contributed by atoms with Gasteiger partial charge in [-0.25, -0.2) is 4.79 Å². The summed E-state index contributed by atoms with van der Waals surface area (Å²) in [6.07, 6.45) is 6.11. The molecule has 3 nitrogen and oxygen atoms in total. The molecule has 0 aromatic heterocycles. The van der Waals surface area contributed by atoms with E-state index in [2.05, 4.69) is 13.8 Å². The van der Waals surface area contributed by atoms with Gasteiger partial charge in [-0.1, -0.05) is 25.8 Å². The SMILES string of the molecule is CCCCC(C)OCCC=C(C)C(=O)O. The van der Waals surface area contributed by atoms with Crippen LogP contribution in [0.1, 0.15) is 46.5 Å². The number of ether oxygens (including phenoxy) is 1. The second kappa shape index (κ2) is 8.48. The molecule has 0 aliphatic rings. The molecule has 3 heteroatoms. The molecule has 0 amide bonds. The Labute approximate surface area is 92.1 Å². The molecule has 0 aliphatic heterocycles. The van der Waals surface area contributed by atoms with Gasteiger partial charge in [0.2, 0.25) is 0 Å². The molecule has 1 atom stereocenters. The van der Waals surface area contributed by atoms with E-state index in [0.29, 0.717) is 18.6 Å². The molecule has 0 bridgehead atoms. The topological polar surface area (TPSA) is 46.5 Å². The first-order chi connectivity index (χ1) is 7.07. The van der Waals surface area contributed by atoms with Crippen LogP contribution in [0.3, 0.4) is 0 Å². The smallest absolute Gasteiger partial charge is 0.330 e. The van der Waals surface area contributed by atoms with Crippen LogP contribution in [0.4, 0.5) is 0 Å². The average Bonchev–Trinajstić information content (AvgIpc) is 2.20. The number of carboxylic acid groups (broad SMARTS) is 1. The Hall–Kier alpha value is -0.830. The zero-order chi connectivity index (χ0) is 11.7. The molecule has 88 valence electrons. The fourth-order valence-electron chi connectivity index (χ4n) is 1.21. The van der Waals surface area contributed by atoms with Crippen molar-refractivity contribution in [2.45, 2.75) is 52.6 Å². The Morgan fingerprint density at radius 1 is 1.53 bits per heavy atom. The van der Waals surface area contributed by atoms with Gasteiger partial charge in [-0.05, 0) is 26.7 Å². The molecule has 0 heterocycles. The standard InChI is InChI=1S/C12H22O3/c1-4-5-8-11(3)15-9-6-7-10(2)12(13)14/h7,11H,4-6,8-9H2,1-3H3,(H,13,14). The monoisotopic (exact) mass is 214 g/mol. The number of unbranched alkanes of at least 4 members (excludes halogenated alkanes) is 1. The summed E-state index contributed by atoms with van der Waals surface area (Å²) in [5.41, 5.74) is 0.389. The molecule has 0 spiro atoms. The van der Waals surface area contributed by atoms with E-state index in [1.54, 1.807) is 13.0 Å². The summed E-state index contributed by atoms with van der Waals surface area (Å²) < 4.78 is 5.54. The molecule has 0 saturated heterocycles. The fourth-order valence-corrected chi connectivity index (χ4v) is 1.21. The van der Waals surface area contributed by atoms with Gasteiger partial charge in [0, 0.05) is 5.57 Å². The Balaban J connectivity index is 3.53. The van der Waals surface area contributed by atoms with Gasteiger partial charge in [0.25, 0.3) is 0 Å². The molecule has 0 saturated carbocycles. The maximum Gasteiger partial charge on any atom is 0.330 e. The van der Waals surface area contributed by atoms with Crippen molar-refractivity contribution in [1.82, 2.24) is 0 Å². The Bertz CT molecular complexity index is 209. The van der Waals surface area contributed by atoms with Crippen LogP contribution in [0.25, 0.3) is 0 Å². The van der Waals surface area contributed by atoms with Crippen LogP contribution in [0, 0.1) is 0 Å². The normalized spacial score (nSPS) is 13.9. The molecular formula is C12H22O3. The van der Waals surface area contributed by atoms with Crippen LogP contribution in [-0.4, -0.2) is 23.8 Å². The van der Waals surface area contributed by atoms with E-state index in [1.165, 1.54) is 12.8 Å². The first-order valence-electron chi connectivity index (χ1n) is 5.59. The summed E-state index contributed by atoms with van der Waals surface area (Å²) in [4.78, 5) is 10.5. The van der Waals surface area contributed by atoms with Crippen molar-refractivity contribution < 1.29 is 14.6 Å². The van der Waals surface area contributed by atoms with Crippen molar-refractivity contribution in [3.63, 3.8) is 0 Å². The van der Waals surface area contributed by atoms with Crippen LogP contribution in [0.15, 0.2) is 11.6 Å². The Morgan fingerprint density at radius 3 is 2.73 bits per heavy atom. The van der Waals surface area contributed by atoms with Crippen molar-refractivity contribution in [2.75, 3.05) is 6.61 Å². The van der Waals surface area contributed by atoms with Crippen LogP contribution in [0.5, 0.6) is 0 Å². The van der Waals surface area contributed by atoms with Crippen LogP contribution in [0.2, 0.25) is 0 Å². The van der Waals surface area contributed by atoms with Gasteiger partial charge in [0.1, 0.15) is 0 Å². The van der Waals surface area contributed by atoms with Gasteiger partial charge < -0.3 is 9.84 Å². The third-order valence-corrected chi connectivity index (χ3v) is 2.27. The van der Waals surface area contributed by atoms with Gasteiger partial charge >= 0.3 is 5.97 Å². The van der Waals surface area contributed by atoms with Crippen molar-refractivity contribution in [1.29, 1.82) is 0 Å². The minimum atomic E-state index is -0.853. The maximum atomic E-state index is 10.5. The molecule has 1 N–H and O–H groups in total. The van der Waals surface area contributed by atoms with E-state index in [0.717, 1.165) is 6.42 Å². The van der Waals surface area contributed by atoms with E-state index in [4.69, 9.17) is 9.84 Å². The number of hydrogen-bond acceptors (Lipinski definition) is 2. The summed E-state index contributed by atoms with van der Waals surface area (Å²) in [6.45, 7) is 6.42. The molecule has 0 aliphatic carbocycles. The highest BCUT2D eigenvalue weighted by Crippen LogP contribution is 2.05. The predicted octanol–water partition coefficient (Wildman–Crippen LogP) is 3.00. The minimum Gasteiger partial charge on any atom is -0.478 e. The largest absolute Gasteiger partial charge is 0.478 e. The first-order valence-corrected chi connectivity index (χ1v) is 5.59. The van der Waals surface area contributed by atoms with E-state index in [-0.39, 0.29) is 6.10 Å². The van der Waals surface area contributed by atoms with Crippen molar-refractivity contribution in [3.05, 3.63) is 11.6 Å². The van der Waals surface area contributed by atoms with E-state index in [9.17, 15) is 4.79 Å². The number of hydrogen-bond donors (Lipinski definition) is 1. The highest BCUT2D eigenvalue weighted by Gasteiger charge is 2.01. The summed E-state index contributed by atoms with van der Waals surface area (Å²) in [7, 11) is 0. The lowest BCUT2D eigenvalue weighted by Crippen LogP contribution is -2.08. The van der Waals surface area contributed by atoms with Crippen LogP contribution >= 0.6 is 0 Å². The van der Waals surface area contributed by atoms with Crippen molar-refractivity contribution in [2.24, 2.45) is 0 Å². The molecule has 15 heavy (non-hydrogen) atoms. The molecule has 0 rings (SSSR count). The Morgan fingerprint density at radius 2 is 2.20 bits per heavy atom. The van der Waals surface area contributed by atoms with Crippen molar-refractivity contribution >= 4 is 5.97 Å². The third kappa shape index (κ3) is 8.18. The van der Waals surface area contributed by atoms with Gasteiger partial charge in [0.05, 0.1) is 12.7 Å². The van der Waals surface area contributed by atoms with Gasteiger partial charge in [-0.3, -0.25) is 0 Å². The van der Waals surface area contributed by atoms with Gasteiger partial charge in [-0.2, -0.15) is 0 Å². The third-order valence-electron chi connectivity index (χ3n) is 2.27. The molecule has 1 unspecified atom stereocenters. The number of carbonyl (C=O) groups is 1. The van der Waals surface area contributed by atoms with E-state index >= 15 is 0 Å². The summed E-state index contributed by atoms with van der Waals surface area (Å²) in [5.74, 6) is -0.853. The average molecular weight is 214 g/mol. The molecule has 0 radical (unpaired) electrons. The molecule has 0 aromatic rings. The fraction of sp³-hybridized carbons (Fsp3) is 0.750. The highest BCUT2D eigenvalue weighted by molar-refractivity contribution is 5.85. The summed E-state index contributed by atoms with van der Waals surface area (Å²) in [5, 5.41) is 8.60. The van der Waals surface area contributed by atoms with E-state index in [1.807, 2.05) is 0 Å². The van der Waals surface area contributed by atoms with E-state index < -0.39 is 5.97 Å².